The number of terminal acetylenes is 1. The molecule has 0 aliphatic carbocycles. The van der Waals surface area contributed by atoms with Crippen molar-refractivity contribution in [1.82, 2.24) is 0 Å². The quantitative estimate of drug-likeness (QED) is 0.570. The maximum absolute atomic E-state index is 11.5. The number of hydrogen-bond acceptors (Lipinski definition) is 3. The summed E-state index contributed by atoms with van der Waals surface area (Å²) in [5.41, 5.74) is 0. The maximum Gasteiger partial charge on any atom is 0.349 e. The Balaban J connectivity index is 2.29. The van der Waals surface area contributed by atoms with Crippen LogP contribution in [0.25, 0.3) is 10.1 Å². The number of hydrogen-bond donors (Lipinski definition) is 0. The first-order valence-corrected chi connectivity index (χ1v) is 5.22. The Morgan fingerprint density at radius 1 is 1.47 bits per heavy atom. The van der Waals surface area contributed by atoms with E-state index in [-0.39, 0.29) is 12.6 Å². The van der Waals surface area contributed by atoms with E-state index in [2.05, 4.69) is 5.92 Å². The van der Waals surface area contributed by atoms with Crippen LogP contribution in [-0.2, 0) is 4.74 Å². The molecule has 0 N–H and O–H groups in total. The van der Waals surface area contributed by atoms with Crippen molar-refractivity contribution in [2.45, 2.75) is 0 Å². The van der Waals surface area contributed by atoms with Crippen LogP contribution in [0.1, 0.15) is 9.67 Å². The average molecular weight is 216 g/mol. The van der Waals surface area contributed by atoms with Gasteiger partial charge in [-0.3, -0.25) is 0 Å². The third kappa shape index (κ3) is 2.00. The van der Waals surface area contributed by atoms with Gasteiger partial charge in [-0.15, -0.1) is 17.8 Å². The molecule has 0 spiro atoms. The molecule has 0 atom stereocenters. The zero-order valence-corrected chi connectivity index (χ0v) is 8.71. The van der Waals surface area contributed by atoms with Crippen LogP contribution in [0, 0.1) is 12.3 Å². The van der Waals surface area contributed by atoms with Crippen molar-refractivity contribution in [3.63, 3.8) is 0 Å². The minimum absolute atomic E-state index is 0.0209. The summed E-state index contributed by atoms with van der Waals surface area (Å²) in [4.78, 5) is 12.1. The largest absolute Gasteiger partial charge is 0.448 e. The Morgan fingerprint density at radius 2 is 2.27 bits per heavy atom. The molecule has 0 bridgehead atoms. The molecule has 0 saturated carbocycles. The van der Waals surface area contributed by atoms with Gasteiger partial charge in [0.25, 0.3) is 0 Å². The molecule has 2 nitrogen and oxygen atoms in total. The summed E-state index contributed by atoms with van der Waals surface area (Å²) in [6.07, 6.45) is 5.01. The molecule has 1 aromatic carbocycles. The van der Waals surface area contributed by atoms with Gasteiger partial charge in [0.1, 0.15) is 4.88 Å². The Morgan fingerprint density at radius 3 is 3.00 bits per heavy atom. The molecule has 1 heterocycles. The molecule has 0 fully saturated rings. The lowest BCUT2D eigenvalue weighted by Gasteiger charge is -1.95. The second-order valence-electron chi connectivity index (χ2n) is 2.93. The molecule has 3 heteroatoms. The summed E-state index contributed by atoms with van der Waals surface area (Å²) in [6.45, 7) is 0.0209. The number of esters is 1. The predicted molar refractivity (Wildman–Crippen MR) is 60.9 cm³/mol. The predicted octanol–water partition coefficient (Wildman–Crippen LogP) is 2.69. The SMILES string of the molecule is C#CCOC(=O)c1cc2ccccc2s1. The third-order valence-electron chi connectivity index (χ3n) is 1.91. The maximum atomic E-state index is 11.5. The molecule has 0 aliphatic rings. The summed E-state index contributed by atoms with van der Waals surface area (Å²) in [5.74, 6) is 1.91. The summed E-state index contributed by atoms with van der Waals surface area (Å²) in [7, 11) is 0. The molecule has 0 amide bonds. The fraction of sp³-hybridized carbons (Fsp3) is 0.0833. The lowest BCUT2D eigenvalue weighted by molar-refractivity contribution is 0.0562. The van der Waals surface area contributed by atoms with E-state index in [4.69, 9.17) is 11.2 Å². The van der Waals surface area contributed by atoms with Crippen LogP contribution in [-0.4, -0.2) is 12.6 Å². The molecule has 2 rings (SSSR count). The average Bonchev–Trinajstić information content (AvgIpc) is 2.69. The first-order chi connectivity index (χ1) is 7.31. The molecular weight excluding hydrogens is 208 g/mol. The summed E-state index contributed by atoms with van der Waals surface area (Å²) < 4.78 is 5.92. The number of ether oxygens (including phenoxy) is 1. The molecular formula is C12H8O2S. The zero-order valence-electron chi connectivity index (χ0n) is 7.90. The van der Waals surface area contributed by atoms with Crippen LogP contribution in [0.5, 0.6) is 0 Å². The monoisotopic (exact) mass is 216 g/mol. The smallest absolute Gasteiger partial charge is 0.349 e. The minimum atomic E-state index is -0.353. The number of rotatable bonds is 2. The lowest BCUT2D eigenvalue weighted by Crippen LogP contribution is -2.02. The number of benzene rings is 1. The normalized spacial score (nSPS) is 9.80. The van der Waals surface area contributed by atoms with Crippen LogP contribution < -0.4 is 0 Å². The van der Waals surface area contributed by atoms with Crippen molar-refractivity contribution >= 4 is 27.4 Å². The van der Waals surface area contributed by atoms with Crippen LogP contribution >= 0.6 is 11.3 Å². The molecule has 74 valence electrons. The summed E-state index contributed by atoms with van der Waals surface area (Å²) in [5, 5.41) is 1.05. The second-order valence-corrected chi connectivity index (χ2v) is 4.01. The van der Waals surface area contributed by atoms with Gasteiger partial charge in [0.05, 0.1) is 0 Å². The highest BCUT2D eigenvalue weighted by Crippen LogP contribution is 2.25. The van der Waals surface area contributed by atoms with E-state index >= 15 is 0 Å². The summed E-state index contributed by atoms with van der Waals surface area (Å²) in [6, 6.07) is 9.63. The first-order valence-electron chi connectivity index (χ1n) is 4.40. The molecule has 2 aromatic rings. The van der Waals surface area contributed by atoms with Gasteiger partial charge >= 0.3 is 5.97 Å². The van der Waals surface area contributed by atoms with Gasteiger partial charge in [-0.25, -0.2) is 4.79 Å². The topological polar surface area (TPSA) is 26.3 Å². The van der Waals surface area contributed by atoms with Gasteiger partial charge in [-0.1, -0.05) is 24.1 Å². The first kappa shape index (κ1) is 9.75. The number of carbonyl (C=O) groups excluding carboxylic acids is 1. The molecule has 15 heavy (non-hydrogen) atoms. The van der Waals surface area contributed by atoms with Crippen molar-refractivity contribution in [3.8, 4) is 12.3 Å². The summed E-state index contributed by atoms with van der Waals surface area (Å²) >= 11 is 1.41. The number of carbonyl (C=O) groups is 1. The van der Waals surface area contributed by atoms with Crippen LogP contribution in [0.15, 0.2) is 30.3 Å². The highest BCUT2D eigenvalue weighted by molar-refractivity contribution is 7.20. The lowest BCUT2D eigenvalue weighted by atomic mass is 10.2. The van der Waals surface area contributed by atoms with E-state index < -0.39 is 0 Å². The van der Waals surface area contributed by atoms with Gasteiger partial charge in [0.15, 0.2) is 6.61 Å². The van der Waals surface area contributed by atoms with Gasteiger partial charge in [-0.2, -0.15) is 0 Å². The van der Waals surface area contributed by atoms with E-state index in [0.717, 1.165) is 10.1 Å². The Kier molecular flexibility index (Phi) is 2.70. The van der Waals surface area contributed by atoms with Crippen LogP contribution in [0.4, 0.5) is 0 Å². The fourth-order valence-corrected chi connectivity index (χ4v) is 2.22. The van der Waals surface area contributed by atoms with E-state index in [0.29, 0.717) is 4.88 Å². The number of thiophene rings is 1. The Hall–Kier alpha value is -1.79. The molecule has 0 saturated heterocycles. The fourth-order valence-electron chi connectivity index (χ4n) is 1.26. The van der Waals surface area contributed by atoms with E-state index in [1.807, 2.05) is 30.3 Å². The highest BCUT2D eigenvalue weighted by atomic mass is 32.1. The zero-order chi connectivity index (χ0) is 10.7. The van der Waals surface area contributed by atoms with Crippen LogP contribution in [0.2, 0.25) is 0 Å². The van der Waals surface area contributed by atoms with Gasteiger partial charge in [0, 0.05) is 4.70 Å². The van der Waals surface area contributed by atoms with E-state index in [1.54, 1.807) is 0 Å². The molecule has 0 aliphatic heterocycles. The minimum Gasteiger partial charge on any atom is -0.448 e. The highest BCUT2D eigenvalue weighted by Gasteiger charge is 2.10. The van der Waals surface area contributed by atoms with Crippen molar-refractivity contribution < 1.29 is 9.53 Å². The van der Waals surface area contributed by atoms with E-state index in [9.17, 15) is 4.79 Å². The van der Waals surface area contributed by atoms with Gasteiger partial charge in [0.2, 0.25) is 0 Å². The van der Waals surface area contributed by atoms with Crippen molar-refractivity contribution in [2.75, 3.05) is 6.61 Å². The second kappa shape index (κ2) is 4.16. The van der Waals surface area contributed by atoms with Gasteiger partial charge in [-0.05, 0) is 17.5 Å². The molecule has 1 aromatic heterocycles. The number of fused-ring (bicyclic) bond motifs is 1. The van der Waals surface area contributed by atoms with Crippen molar-refractivity contribution in [3.05, 3.63) is 35.2 Å². The Bertz CT molecular complexity index is 501. The van der Waals surface area contributed by atoms with Gasteiger partial charge < -0.3 is 4.74 Å². The molecule has 0 radical (unpaired) electrons. The van der Waals surface area contributed by atoms with E-state index in [1.165, 1.54) is 11.3 Å². The van der Waals surface area contributed by atoms with Crippen molar-refractivity contribution in [2.24, 2.45) is 0 Å². The van der Waals surface area contributed by atoms with Crippen molar-refractivity contribution in [1.29, 1.82) is 0 Å². The standard InChI is InChI=1S/C12H8O2S/c1-2-7-14-12(13)11-8-9-5-3-4-6-10(9)15-11/h1,3-6,8H,7H2. The third-order valence-corrected chi connectivity index (χ3v) is 3.01. The Labute approximate surface area is 91.5 Å². The van der Waals surface area contributed by atoms with Crippen LogP contribution in [0.3, 0.4) is 0 Å². The molecule has 0 unspecified atom stereocenters.